The van der Waals surface area contributed by atoms with Gasteiger partial charge in [-0.3, -0.25) is 24.0 Å². The largest absolute Gasteiger partial charge is 0.383 e. The Labute approximate surface area is 194 Å². The van der Waals surface area contributed by atoms with E-state index in [0.29, 0.717) is 26.2 Å². The van der Waals surface area contributed by atoms with Crippen LogP contribution >= 0.6 is 0 Å². The molecule has 0 unspecified atom stereocenters. The van der Waals surface area contributed by atoms with E-state index >= 15 is 0 Å². The van der Waals surface area contributed by atoms with Gasteiger partial charge in [-0.15, -0.1) is 0 Å². The van der Waals surface area contributed by atoms with Crippen LogP contribution in [0.25, 0.3) is 0 Å². The molecule has 1 aromatic carbocycles. The zero-order valence-corrected chi connectivity index (χ0v) is 20.0. The summed E-state index contributed by atoms with van der Waals surface area (Å²) in [5.41, 5.74) is 7.88. The third-order valence-corrected chi connectivity index (χ3v) is 6.19. The number of carbonyl (C=O) groups is 1. The van der Waals surface area contributed by atoms with Gasteiger partial charge in [-0.25, -0.2) is 4.79 Å². The molecular weight excluding hydrogens is 420 g/mol. The Bertz CT molecular complexity index is 1070. The summed E-state index contributed by atoms with van der Waals surface area (Å²) in [7, 11) is 0. The van der Waals surface area contributed by atoms with E-state index < -0.39 is 11.2 Å². The van der Waals surface area contributed by atoms with E-state index in [9.17, 15) is 14.4 Å². The van der Waals surface area contributed by atoms with Gasteiger partial charge in [0, 0.05) is 45.8 Å². The summed E-state index contributed by atoms with van der Waals surface area (Å²) in [5, 5.41) is 0. The lowest BCUT2D eigenvalue weighted by atomic mass is 10.1. The topological polar surface area (TPSA) is 108 Å². The molecule has 1 aliphatic rings. The lowest BCUT2D eigenvalue weighted by Gasteiger charge is -2.36. The minimum Gasteiger partial charge on any atom is -0.383 e. The van der Waals surface area contributed by atoms with Crippen molar-refractivity contribution in [3.05, 3.63) is 56.2 Å². The molecule has 3 N–H and O–H groups in total. The first kappa shape index (κ1) is 24.6. The number of nitrogens with one attached hydrogen (secondary N) is 1. The molecule has 1 fully saturated rings. The van der Waals surface area contributed by atoms with Crippen molar-refractivity contribution in [2.45, 2.75) is 46.7 Å². The van der Waals surface area contributed by atoms with Gasteiger partial charge in [0.2, 0.25) is 5.91 Å². The van der Waals surface area contributed by atoms with Gasteiger partial charge in [0.25, 0.3) is 5.56 Å². The Morgan fingerprint density at radius 2 is 1.88 bits per heavy atom. The Hall–Kier alpha value is -3.07. The van der Waals surface area contributed by atoms with Gasteiger partial charge < -0.3 is 15.5 Å². The summed E-state index contributed by atoms with van der Waals surface area (Å²) in [6, 6.07) is 8.49. The summed E-state index contributed by atoms with van der Waals surface area (Å²) in [4.78, 5) is 46.0. The average Bonchev–Trinajstić information content (AvgIpc) is 2.78. The van der Waals surface area contributed by atoms with Crippen molar-refractivity contribution in [1.82, 2.24) is 19.4 Å². The zero-order chi connectivity index (χ0) is 24.0. The summed E-state index contributed by atoms with van der Waals surface area (Å²) in [6.45, 7) is 10.6. The molecule has 0 aliphatic carbocycles. The minimum atomic E-state index is -0.553. The Balaban J connectivity index is 1.65. The zero-order valence-electron chi connectivity index (χ0n) is 20.0. The second-order valence-electron chi connectivity index (χ2n) is 8.66. The molecule has 2 aromatic rings. The highest BCUT2D eigenvalue weighted by Gasteiger charge is 2.25. The van der Waals surface area contributed by atoms with Crippen LogP contribution in [-0.4, -0.2) is 64.5 Å². The van der Waals surface area contributed by atoms with Crippen LogP contribution in [0.3, 0.4) is 0 Å². The Morgan fingerprint density at radius 3 is 2.52 bits per heavy atom. The van der Waals surface area contributed by atoms with Crippen LogP contribution in [0.2, 0.25) is 0 Å². The number of anilines is 2. The van der Waals surface area contributed by atoms with Crippen molar-refractivity contribution < 1.29 is 4.79 Å². The van der Waals surface area contributed by atoms with Crippen LogP contribution in [0.1, 0.15) is 37.8 Å². The smallest absolute Gasteiger partial charge is 0.330 e. The van der Waals surface area contributed by atoms with E-state index in [1.54, 1.807) is 4.90 Å². The third-order valence-electron chi connectivity index (χ3n) is 6.19. The summed E-state index contributed by atoms with van der Waals surface area (Å²) >= 11 is 0. The summed E-state index contributed by atoms with van der Waals surface area (Å²) in [6.07, 6.45) is 1.67. The van der Waals surface area contributed by atoms with Crippen molar-refractivity contribution in [3.63, 3.8) is 0 Å². The molecule has 2 heterocycles. The third kappa shape index (κ3) is 6.04. The number of aromatic amines is 1. The number of amides is 1. The number of benzene rings is 1. The molecule has 33 heavy (non-hydrogen) atoms. The number of aryl methyl sites for hydroxylation is 1. The molecule has 1 saturated heterocycles. The Kier molecular flexibility index (Phi) is 8.32. The van der Waals surface area contributed by atoms with E-state index in [-0.39, 0.29) is 24.0 Å². The maximum Gasteiger partial charge on any atom is 0.330 e. The first-order valence-corrected chi connectivity index (χ1v) is 11.8. The van der Waals surface area contributed by atoms with Gasteiger partial charge in [-0.2, -0.15) is 0 Å². The number of rotatable bonds is 9. The van der Waals surface area contributed by atoms with Crippen LogP contribution in [0.4, 0.5) is 11.5 Å². The normalized spacial score (nSPS) is 14.5. The van der Waals surface area contributed by atoms with Crippen molar-refractivity contribution in [3.8, 4) is 0 Å². The maximum atomic E-state index is 13.0. The number of hydrogen-bond acceptors (Lipinski definition) is 6. The van der Waals surface area contributed by atoms with E-state index in [2.05, 4.69) is 41.1 Å². The van der Waals surface area contributed by atoms with Gasteiger partial charge in [0.1, 0.15) is 11.5 Å². The number of H-pyrrole nitrogens is 1. The molecule has 180 valence electrons. The SMILES string of the molecule is CCCCn1c(N)c(N(CC)CC(=O)N2CCN(Cc3cccc(C)c3)CC2)c(=O)[nH]c1=O. The highest BCUT2D eigenvalue weighted by molar-refractivity contribution is 5.82. The molecule has 0 spiro atoms. The molecule has 0 atom stereocenters. The lowest BCUT2D eigenvalue weighted by molar-refractivity contribution is -0.131. The molecule has 9 heteroatoms. The predicted octanol–water partition coefficient (Wildman–Crippen LogP) is 1.40. The van der Waals surface area contributed by atoms with Crippen LogP contribution in [0, 0.1) is 6.92 Å². The van der Waals surface area contributed by atoms with Gasteiger partial charge >= 0.3 is 5.69 Å². The second-order valence-corrected chi connectivity index (χ2v) is 8.66. The van der Waals surface area contributed by atoms with Crippen LogP contribution in [-0.2, 0) is 17.9 Å². The van der Waals surface area contributed by atoms with Gasteiger partial charge in [0.15, 0.2) is 0 Å². The van der Waals surface area contributed by atoms with E-state index in [1.165, 1.54) is 15.7 Å². The summed E-state index contributed by atoms with van der Waals surface area (Å²) in [5.74, 6) is 0.0759. The van der Waals surface area contributed by atoms with E-state index in [4.69, 9.17) is 5.73 Å². The van der Waals surface area contributed by atoms with Gasteiger partial charge in [-0.05, 0) is 25.8 Å². The second kappa shape index (κ2) is 11.2. The highest BCUT2D eigenvalue weighted by Crippen LogP contribution is 2.17. The number of nitrogens with two attached hydrogens (primary N) is 1. The summed E-state index contributed by atoms with van der Waals surface area (Å²) < 4.78 is 1.39. The number of piperazine rings is 1. The molecule has 9 nitrogen and oxygen atoms in total. The fourth-order valence-electron chi connectivity index (χ4n) is 4.26. The van der Waals surface area contributed by atoms with Crippen LogP contribution in [0.5, 0.6) is 0 Å². The number of aromatic nitrogens is 2. The van der Waals surface area contributed by atoms with E-state index in [1.807, 2.05) is 18.7 Å². The number of hydrogen-bond donors (Lipinski definition) is 2. The van der Waals surface area contributed by atoms with Crippen LogP contribution in [0.15, 0.2) is 33.9 Å². The average molecular weight is 457 g/mol. The van der Waals surface area contributed by atoms with Crippen molar-refractivity contribution in [2.24, 2.45) is 0 Å². The number of nitrogen functional groups attached to an aromatic ring is 1. The predicted molar refractivity (Wildman–Crippen MR) is 132 cm³/mol. The van der Waals surface area contributed by atoms with Gasteiger partial charge in [-0.1, -0.05) is 43.2 Å². The minimum absolute atomic E-state index is 0.0443. The molecule has 0 bridgehead atoms. The molecule has 0 radical (unpaired) electrons. The number of likely N-dealkylation sites (N-methyl/N-ethyl adjacent to an activating group) is 1. The number of nitrogens with zero attached hydrogens (tertiary/aromatic N) is 4. The quantitative estimate of drug-likeness (QED) is 0.591. The molecule has 1 amide bonds. The van der Waals surface area contributed by atoms with Crippen molar-refractivity contribution >= 4 is 17.4 Å². The Morgan fingerprint density at radius 1 is 1.15 bits per heavy atom. The highest BCUT2D eigenvalue weighted by atomic mass is 16.2. The fraction of sp³-hybridized carbons (Fsp3) is 0.542. The molecular formula is C24H36N6O3. The first-order valence-electron chi connectivity index (χ1n) is 11.8. The number of unbranched alkanes of at least 4 members (excludes halogenated alkanes) is 1. The fourth-order valence-corrected chi connectivity index (χ4v) is 4.26. The monoisotopic (exact) mass is 456 g/mol. The first-order chi connectivity index (χ1) is 15.8. The van der Waals surface area contributed by atoms with Crippen molar-refractivity contribution in [2.75, 3.05) is 49.9 Å². The number of carbonyl (C=O) groups excluding carboxylic acids is 1. The molecule has 3 rings (SSSR count). The molecule has 1 aromatic heterocycles. The molecule has 0 saturated carbocycles. The molecule has 1 aliphatic heterocycles. The maximum absolute atomic E-state index is 13.0. The van der Waals surface area contributed by atoms with Crippen LogP contribution < -0.4 is 21.9 Å². The lowest BCUT2D eigenvalue weighted by Crippen LogP contribution is -2.51. The van der Waals surface area contributed by atoms with Crippen molar-refractivity contribution in [1.29, 1.82) is 0 Å². The van der Waals surface area contributed by atoms with Gasteiger partial charge in [0.05, 0.1) is 6.54 Å². The van der Waals surface area contributed by atoms with E-state index in [0.717, 1.165) is 32.5 Å². The standard InChI is InChI=1S/C24H36N6O3/c1-4-6-10-30-22(25)21(23(32)26-24(30)33)28(5-2)17-20(31)29-13-11-27(12-14-29)16-19-9-7-8-18(3)15-19/h7-9,15H,4-6,10-14,16-17,25H2,1-3H3,(H,26,32,33).